The smallest absolute Gasteiger partial charge is 0.119 e. The van der Waals surface area contributed by atoms with E-state index in [9.17, 15) is 0 Å². The SMILES string of the molecule is Cc1ccc2c(c1C1CCCCCCCCCCC1)N=N[N]2. The first-order valence-corrected chi connectivity index (χ1v) is 9.11. The minimum Gasteiger partial charge on any atom is -0.128 e. The summed E-state index contributed by atoms with van der Waals surface area (Å²) in [6, 6.07) is 4.26. The Morgan fingerprint density at radius 1 is 0.818 bits per heavy atom. The van der Waals surface area contributed by atoms with E-state index in [1.54, 1.807) is 0 Å². The Bertz CT molecular complexity index is 510. The summed E-state index contributed by atoms with van der Waals surface area (Å²) in [5.74, 6) is 0.640. The van der Waals surface area contributed by atoms with Crippen molar-refractivity contribution < 1.29 is 0 Å². The van der Waals surface area contributed by atoms with Crippen LogP contribution in [0.25, 0.3) is 0 Å². The lowest BCUT2D eigenvalue weighted by Gasteiger charge is -2.21. The van der Waals surface area contributed by atoms with Gasteiger partial charge in [-0.2, -0.15) is 0 Å². The minimum atomic E-state index is 0.640. The Labute approximate surface area is 134 Å². The second kappa shape index (κ2) is 7.75. The Kier molecular flexibility index (Phi) is 5.47. The Morgan fingerprint density at radius 2 is 1.41 bits per heavy atom. The lowest BCUT2D eigenvalue weighted by atomic mass is 9.84. The van der Waals surface area contributed by atoms with Crippen LogP contribution in [0.1, 0.15) is 87.7 Å². The molecule has 3 nitrogen and oxygen atoms in total. The van der Waals surface area contributed by atoms with Crippen molar-refractivity contribution in [3.05, 3.63) is 23.3 Å². The van der Waals surface area contributed by atoms with Crippen molar-refractivity contribution in [3.8, 4) is 0 Å². The molecule has 1 saturated carbocycles. The molecule has 1 aromatic carbocycles. The number of hydrogen-bond acceptors (Lipinski definition) is 2. The zero-order valence-corrected chi connectivity index (χ0v) is 13.9. The molecule has 0 unspecified atom stereocenters. The van der Waals surface area contributed by atoms with E-state index in [1.807, 2.05) is 0 Å². The molecular weight excluding hydrogens is 270 g/mol. The molecule has 1 aromatic rings. The molecule has 1 fully saturated rings. The maximum atomic E-state index is 4.32. The fraction of sp³-hybridized carbons (Fsp3) is 0.684. The first-order valence-electron chi connectivity index (χ1n) is 9.11. The zero-order chi connectivity index (χ0) is 15.2. The molecule has 0 N–H and O–H groups in total. The number of fused-ring (bicyclic) bond motifs is 1. The van der Waals surface area contributed by atoms with E-state index in [0.29, 0.717) is 5.92 Å². The van der Waals surface area contributed by atoms with Gasteiger partial charge >= 0.3 is 0 Å². The normalized spacial score (nSPS) is 20.8. The minimum absolute atomic E-state index is 0.640. The molecule has 0 spiro atoms. The largest absolute Gasteiger partial charge is 0.128 e. The summed E-state index contributed by atoms with van der Waals surface area (Å²) >= 11 is 0. The van der Waals surface area contributed by atoms with E-state index < -0.39 is 0 Å². The quantitative estimate of drug-likeness (QED) is 0.558. The summed E-state index contributed by atoms with van der Waals surface area (Å²) in [6.45, 7) is 2.22. The van der Waals surface area contributed by atoms with Gasteiger partial charge in [-0.15, -0.1) is 10.5 Å². The van der Waals surface area contributed by atoms with E-state index in [-0.39, 0.29) is 0 Å². The molecule has 1 radical (unpaired) electrons. The fourth-order valence-electron chi connectivity index (χ4n) is 3.97. The van der Waals surface area contributed by atoms with E-state index in [2.05, 4.69) is 34.8 Å². The highest BCUT2D eigenvalue weighted by Gasteiger charge is 2.23. The summed E-state index contributed by atoms with van der Waals surface area (Å²) in [4.78, 5) is 0. The molecule has 0 amide bonds. The molecule has 1 aliphatic heterocycles. The molecule has 119 valence electrons. The third-order valence-corrected chi connectivity index (χ3v) is 5.22. The van der Waals surface area contributed by atoms with Crippen LogP contribution in [0.15, 0.2) is 22.5 Å². The van der Waals surface area contributed by atoms with Gasteiger partial charge in [0.25, 0.3) is 0 Å². The first-order chi connectivity index (χ1) is 10.9. The van der Waals surface area contributed by atoms with Crippen molar-refractivity contribution in [3.63, 3.8) is 0 Å². The maximum Gasteiger partial charge on any atom is 0.119 e. The highest BCUT2D eigenvalue weighted by Crippen LogP contribution is 2.43. The number of rotatable bonds is 1. The van der Waals surface area contributed by atoms with Gasteiger partial charge in [0, 0.05) is 0 Å². The summed E-state index contributed by atoms with van der Waals surface area (Å²) in [6.07, 6.45) is 15.2. The molecule has 3 heteroatoms. The van der Waals surface area contributed by atoms with Crippen LogP contribution in [0.5, 0.6) is 0 Å². The van der Waals surface area contributed by atoms with Gasteiger partial charge in [-0.3, -0.25) is 0 Å². The summed E-state index contributed by atoms with van der Waals surface area (Å²) in [7, 11) is 0. The highest BCUT2D eigenvalue weighted by molar-refractivity contribution is 5.69. The van der Waals surface area contributed by atoms with Gasteiger partial charge in [0.15, 0.2) is 0 Å². The zero-order valence-electron chi connectivity index (χ0n) is 13.9. The molecule has 0 bridgehead atoms. The topological polar surface area (TPSA) is 38.8 Å². The average molecular weight is 298 g/mol. The van der Waals surface area contributed by atoms with Crippen LogP contribution in [-0.2, 0) is 0 Å². The molecule has 0 atom stereocenters. The van der Waals surface area contributed by atoms with Gasteiger partial charge in [0.2, 0.25) is 0 Å². The van der Waals surface area contributed by atoms with Gasteiger partial charge in [-0.05, 0) is 48.1 Å². The van der Waals surface area contributed by atoms with Crippen molar-refractivity contribution in [2.24, 2.45) is 10.3 Å². The Hall–Kier alpha value is -1.38. The van der Waals surface area contributed by atoms with Crippen LogP contribution < -0.4 is 5.43 Å². The van der Waals surface area contributed by atoms with Gasteiger partial charge in [-0.25, -0.2) is 0 Å². The van der Waals surface area contributed by atoms with Crippen molar-refractivity contribution >= 4 is 11.4 Å². The van der Waals surface area contributed by atoms with Gasteiger partial charge < -0.3 is 0 Å². The summed E-state index contributed by atoms with van der Waals surface area (Å²) < 4.78 is 0. The molecule has 22 heavy (non-hydrogen) atoms. The van der Waals surface area contributed by atoms with Crippen LogP contribution >= 0.6 is 0 Å². The van der Waals surface area contributed by atoms with Crippen molar-refractivity contribution in [1.82, 2.24) is 5.43 Å². The van der Waals surface area contributed by atoms with Gasteiger partial charge in [-0.1, -0.05) is 63.9 Å². The summed E-state index contributed by atoms with van der Waals surface area (Å²) in [5, 5.41) is 8.22. The van der Waals surface area contributed by atoms with Crippen LogP contribution in [0.3, 0.4) is 0 Å². The van der Waals surface area contributed by atoms with E-state index in [1.165, 1.54) is 81.8 Å². The molecule has 0 aromatic heterocycles. The van der Waals surface area contributed by atoms with Crippen LogP contribution in [-0.4, -0.2) is 0 Å². The molecule has 1 aliphatic carbocycles. The van der Waals surface area contributed by atoms with E-state index in [0.717, 1.165) is 11.4 Å². The van der Waals surface area contributed by atoms with Crippen LogP contribution in [0, 0.1) is 6.92 Å². The van der Waals surface area contributed by atoms with Crippen LogP contribution in [0.2, 0.25) is 0 Å². The predicted octanol–water partition coefficient (Wildman–Crippen LogP) is 6.63. The van der Waals surface area contributed by atoms with Gasteiger partial charge in [0.05, 0.1) is 0 Å². The molecule has 1 heterocycles. The predicted molar refractivity (Wildman–Crippen MR) is 91.0 cm³/mol. The maximum absolute atomic E-state index is 4.32. The lowest BCUT2D eigenvalue weighted by Crippen LogP contribution is -2.03. The summed E-state index contributed by atoms with van der Waals surface area (Å²) in [5.41, 5.74) is 8.97. The lowest BCUT2D eigenvalue weighted by molar-refractivity contribution is 0.467. The first kappa shape index (κ1) is 15.5. The average Bonchev–Trinajstić information content (AvgIpc) is 2.97. The van der Waals surface area contributed by atoms with Crippen molar-refractivity contribution in [2.75, 3.05) is 0 Å². The third-order valence-electron chi connectivity index (χ3n) is 5.22. The van der Waals surface area contributed by atoms with Crippen molar-refractivity contribution in [1.29, 1.82) is 0 Å². The molecule has 0 saturated heterocycles. The molecule has 2 aliphatic rings. The third kappa shape index (κ3) is 3.68. The van der Waals surface area contributed by atoms with Gasteiger partial charge in [0.1, 0.15) is 11.4 Å². The number of benzene rings is 1. The standard InChI is InChI=1S/C19H28N3/c1-15-13-14-17-19(21-22-20-17)18(15)16-11-9-7-5-3-2-4-6-8-10-12-16/h13-14,16H,2-12H2,1H3. The second-order valence-electron chi connectivity index (χ2n) is 6.91. The Balaban J connectivity index is 1.78. The molecular formula is C19H28N3. The number of aryl methyl sites for hydroxylation is 1. The number of hydrogen-bond donors (Lipinski definition) is 0. The second-order valence-corrected chi connectivity index (χ2v) is 6.91. The molecule has 3 rings (SSSR count). The van der Waals surface area contributed by atoms with E-state index >= 15 is 0 Å². The van der Waals surface area contributed by atoms with Crippen molar-refractivity contribution in [2.45, 2.75) is 83.5 Å². The highest BCUT2D eigenvalue weighted by atomic mass is 15.5. The van der Waals surface area contributed by atoms with E-state index in [4.69, 9.17) is 0 Å². The van der Waals surface area contributed by atoms with Crippen LogP contribution in [0.4, 0.5) is 11.4 Å². The fourth-order valence-corrected chi connectivity index (χ4v) is 3.97. The number of nitrogens with zero attached hydrogens (tertiary/aromatic N) is 3. The monoisotopic (exact) mass is 298 g/mol. The Morgan fingerprint density at radius 3 is 2.05 bits per heavy atom.